The van der Waals surface area contributed by atoms with E-state index in [0.29, 0.717) is 6.42 Å². The quantitative estimate of drug-likeness (QED) is 0.555. The topological polar surface area (TPSA) is 105 Å². The van der Waals surface area contributed by atoms with Gasteiger partial charge in [-0.15, -0.1) is 0 Å². The van der Waals surface area contributed by atoms with Gasteiger partial charge in [-0.2, -0.15) is 0 Å². The second kappa shape index (κ2) is 4.92. The molecule has 1 heterocycles. The smallest absolute Gasteiger partial charge is 0.360 e. The maximum absolute atomic E-state index is 14.5. The largest absolute Gasteiger partial charge is 0.456 e. The Hall–Kier alpha value is -1.28. The molecule has 0 aromatic heterocycles. The number of alkyl halides is 2. The van der Waals surface area contributed by atoms with E-state index in [-0.39, 0.29) is 12.8 Å². The molecular formula is C12H18F2N2O4. The zero-order valence-corrected chi connectivity index (χ0v) is 11.1. The highest BCUT2D eigenvalue weighted by atomic mass is 19.1. The van der Waals surface area contributed by atoms with Gasteiger partial charge in [0.25, 0.3) is 5.79 Å². The summed E-state index contributed by atoms with van der Waals surface area (Å²) in [6.45, 7) is 0.980. The van der Waals surface area contributed by atoms with E-state index >= 15 is 0 Å². The van der Waals surface area contributed by atoms with Crippen LogP contribution >= 0.6 is 0 Å². The molecule has 0 radical (unpaired) electrons. The van der Waals surface area contributed by atoms with Crippen molar-refractivity contribution in [1.29, 1.82) is 0 Å². The number of fused-ring (bicyclic) bond motifs is 2. The molecule has 4 unspecified atom stereocenters. The molecular weight excluding hydrogens is 274 g/mol. The summed E-state index contributed by atoms with van der Waals surface area (Å²) in [5.41, 5.74) is 8.05. The van der Waals surface area contributed by atoms with E-state index < -0.39 is 48.1 Å². The van der Waals surface area contributed by atoms with E-state index in [9.17, 15) is 18.4 Å². The lowest BCUT2D eigenvalue weighted by Crippen LogP contribution is -2.54. The van der Waals surface area contributed by atoms with Crippen LogP contribution in [0.25, 0.3) is 0 Å². The third kappa shape index (κ3) is 2.16. The van der Waals surface area contributed by atoms with E-state index in [2.05, 4.69) is 0 Å². The lowest BCUT2D eigenvalue weighted by molar-refractivity contribution is -0.174. The van der Waals surface area contributed by atoms with Crippen LogP contribution in [0.2, 0.25) is 0 Å². The van der Waals surface area contributed by atoms with Gasteiger partial charge in [0.2, 0.25) is 5.67 Å². The second-order valence-corrected chi connectivity index (χ2v) is 5.30. The average molecular weight is 292 g/mol. The highest BCUT2D eigenvalue weighted by Gasteiger charge is 2.63. The zero-order chi connectivity index (χ0) is 15.1. The molecule has 1 aliphatic carbocycles. The van der Waals surface area contributed by atoms with E-state index in [4.69, 9.17) is 20.9 Å². The Bertz CT molecular complexity index is 432. The fourth-order valence-corrected chi connectivity index (χ4v) is 2.86. The van der Waals surface area contributed by atoms with Crippen LogP contribution in [-0.2, 0) is 19.1 Å². The monoisotopic (exact) mass is 292 g/mol. The van der Waals surface area contributed by atoms with Crippen molar-refractivity contribution in [1.82, 2.24) is 0 Å². The number of hydrogen-bond acceptors (Lipinski definition) is 6. The molecule has 0 aromatic carbocycles. The van der Waals surface area contributed by atoms with Gasteiger partial charge in [-0.25, -0.2) is 18.4 Å². The minimum atomic E-state index is -2.80. The van der Waals surface area contributed by atoms with Crippen molar-refractivity contribution in [3.05, 3.63) is 0 Å². The van der Waals surface area contributed by atoms with Crippen molar-refractivity contribution >= 4 is 11.9 Å². The number of carbonyl (C=O) groups excluding carboxylic acids is 2. The van der Waals surface area contributed by atoms with Crippen molar-refractivity contribution in [2.45, 2.75) is 49.9 Å². The molecule has 20 heavy (non-hydrogen) atoms. The van der Waals surface area contributed by atoms with Gasteiger partial charge in [-0.05, 0) is 19.3 Å². The molecule has 1 saturated carbocycles. The summed E-state index contributed by atoms with van der Waals surface area (Å²) in [6.07, 6.45) is -1.49. The molecule has 2 bridgehead atoms. The van der Waals surface area contributed by atoms with Gasteiger partial charge in [0.15, 0.2) is 0 Å². The van der Waals surface area contributed by atoms with Gasteiger partial charge in [0, 0.05) is 5.92 Å². The molecule has 0 amide bonds. The molecule has 114 valence electrons. The number of halogens is 2. The molecule has 1 aliphatic heterocycles. The van der Waals surface area contributed by atoms with Gasteiger partial charge >= 0.3 is 11.9 Å². The Morgan fingerprint density at radius 1 is 1.65 bits per heavy atom. The molecule has 0 spiro atoms. The van der Waals surface area contributed by atoms with Gasteiger partial charge in [0.05, 0.1) is 6.54 Å². The lowest BCUT2D eigenvalue weighted by atomic mass is 9.74. The Balaban J connectivity index is 2.13. The first-order valence-corrected chi connectivity index (χ1v) is 6.55. The number of ether oxygens (including phenoxy) is 2. The number of nitrogens with two attached hydrogens (primary N) is 2. The van der Waals surface area contributed by atoms with Crippen LogP contribution in [-0.4, -0.2) is 42.2 Å². The van der Waals surface area contributed by atoms with E-state index in [1.807, 2.05) is 0 Å². The van der Waals surface area contributed by atoms with E-state index in [1.54, 1.807) is 6.92 Å². The third-order valence-electron chi connectivity index (χ3n) is 4.06. The van der Waals surface area contributed by atoms with Crippen molar-refractivity contribution < 1.29 is 27.8 Å². The number of rotatable bonds is 4. The molecule has 6 nitrogen and oxygen atoms in total. The first-order valence-electron chi connectivity index (χ1n) is 6.55. The summed E-state index contributed by atoms with van der Waals surface area (Å²) in [5, 5.41) is 0. The van der Waals surface area contributed by atoms with Gasteiger partial charge in [-0.1, -0.05) is 6.92 Å². The molecule has 2 fully saturated rings. The predicted molar refractivity (Wildman–Crippen MR) is 63.7 cm³/mol. The SMILES string of the molecule is CCC1C2OC(=O)C1(F)CC[C@@H]2OC(=O)C(N)(F)CN. The fraction of sp³-hybridized carbons (Fsp3) is 0.833. The zero-order valence-electron chi connectivity index (χ0n) is 11.1. The molecule has 8 heteroatoms. The number of carbonyl (C=O) groups is 2. The molecule has 0 aromatic rings. The second-order valence-electron chi connectivity index (χ2n) is 5.30. The Morgan fingerprint density at radius 3 is 2.85 bits per heavy atom. The molecule has 4 N–H and O–H groups in total. The van der Waals surface area contributed by atoms with Crippen LogP contribution in [0.1, 0.15) is 26.2 Å². The van der Waals surface area contributed by atoms with Crippen molar-refractivity contribution in [2.24, 2.45) is 17.4 Å². The maximum atomic E-state index is 14.5. The Labute approximate surface area is 114 Å². The third-order valence-corrected chi connectivity index (χ3v) is 4.06. The van der Waals surface area contributed by atoms with Crippen LogP contribution in [0.5, 0.6) is 0 Å². The normalized spacial score (nSPS) is 39.0. The molecule has 2 aliphatic rings. The van der Waals surface area contributed by atoms with Crippen molar-refractivity contribution in [3.63, 3.8) is 0 Å². The first kappa shape index (κ1) is 15.1. The van der Waals surface area contributed by atoms with Gasteiger partial charge in [-0.3, -0.25) is 5.73 Å². The minimum Gasteiger partial charge on any atom is -0.456 e. The summed E-state index contributed by atoms with van der Waals surface area (Å²) >= 11 is 0. The number of esters is 2. The van der Waals surface area contributed by atoms with Crippen molar-refractivity contribution in [3.8, 4) is 0 Å². The molecule has 2 rings (SSSR count). The molecule has 5 atom stereocenters. The first-order chi connectivity index (χ1) is 9.26. The summed E-state index contributed by atoms with van der Waals surface area (Å²) in [4.78, 5) is 23.1. The highest BCUT2D eigenvalue weighted by Crippen LogP contribution is 2.48. The predicted octanol–water partition coefficient (Wildman–Crippen LogP) is -0.0649. The van der Waals surface area contributed by atoms with E-state index in [0.717, 1.165) is 0 Å². The molecule has 1 saturated heterocycles. The van der Waals surface area contributed by atoms with Gasteiger partial charge in [0.1, 0.15) is 12.2 Å². The Morgan fingerprint density at radius 2 is 2.30 bits per heavy atom. The summed E-state index contributed by atoms with van der Waals surface area (Å²) in [6, 6.07) is 0. The average Bonchev–Trinajstić information content (AvgIpc) is 2.59. The van der Waals surface area contributed by atoms with Crippen LogP contribution in [0.15, 0.2) is 0 Å². The van der Waals surface area contributed by atoms with Crippen LogP contribution in [0.4, 0.5) is 8.78 Å². The summed E-state index contributed by atoms with van der Waals surface area (Å²) < 4.78 is 37.9. The summed E-state index contributed by atoms with van der Waals surface area (Å²) in [7, 11) is 0. The standard InChI is InChI=1S/C12H18F2N2O4/c1-2-6-8-7(19-10(18)12(14,16)5-15)3-4-11(6,13)9(17)20-8/h6-8H,2-5,15-16H2,1H3/t6?,7-,8?,11?,12?/m0/s1. The fourth-order valence-electron chi connectivity index (χ4n) is 2.86. The van der Waals surface area contributed by atoms with E-state index in [1.165, 1.54) is 0 Å². The van der Waals surface area contributed by atoms with Gasteiger partial charge < -0.3 is 15.2 Å². The summed E-state index contributed by atoms with van der Waals surface area (Å²) in [5.74, 6) is -5.76. The van der Waals surface area contributed by atoms with Crippen molar-refractivity contribution in [2.75, 3.05) is 6.54 Å². The lowest BCUT2D eigenvalue weighted by Gasteiger charge is -2.35. The minimum absolute atomic E-state index is 0.0792. The highest BCUT2D eigenvalue weighted by molar-refractivity contribution is 5.83. The maximum Gasteiger partial charge on any atom is 0.360 e. The number of hydrogen-bond donors (Lipinski definition) is 2. The van der Waals surface area contributed by atoms with Crippen LogP contribution < -0.4 is 11.5 Å². The van der Waals surface area contributed by atoms with Crippen LogP contribution in [0, 0.1) is 5.92 Å². The Kier molecular flexibility index (Phi) is 3.72. The van der Waals surface area contributed by atoms with Crippen LogP contribution in [0.3, 0.4) is 0 Å².